The first-order valence-electron chi connectivity index (χ1n) is 12.9. The number of aromatic nitrogens is 2. The summed E-state index contributed by atoms with van der Waals surface area (Å²) < 4.78 is 5.45. The highest BCUT2D eigenvalue weighted by Gasteiger charge is 2.12. The van der Waals surface area contributed by atoms with Crippen molar-refractivity contribution >= 4 is 5.82 Å². The van der Waals surface area contributed by atoms with E-state index in [1.54, 1.807) is 0 Å². The predicted octanol–water partition coefficient (Wildman–Crippen LogP) is 8.18. The van der Waals surface area contributed by atoms with Crippen LogP contribution in [0.2, 0.25) is 0 Å². The molecule has 2 aromatic rings. The Morgan fingerprint density at radius 1 is 0.688 bits per heavy atom. The molecule has 0 unspecified atom stereocenters. The van der Waals surface area contributed by atoms with Gasteiger partial charge in [0.2, 0.25) is 5.88 Å². The molecule has 0 bridgehead atoms. The second kappa shape index (κ2) is 19.6. The molecule has 2 aliphatic rings. The van der Waals surface area contributed by atoms with Crippen molar-refractivity contribution in [2.75, 3.05) is 18.5 Å². The summed E-state index contributed by atoms with van der Waals surface area (Å²) in [5.74, 6) is 1.95. The average Bonchev–Trinajstić information content (AvgIpc) is 2.86. The number of ether oxygens (including phenoxy) is 1. The fourth-order valence-corrected chi connectivity index (χ4v) is 3.07. The minimum absolute atomic E-state index is 0.822. The maximum atomic E-state index is 5.45. The minimum Gasteiger partial charge on any atom is -0.477 e. The Balaban J connectivity index is 0. The van der Waals surface area contributed by atoms with E-state index in [1.165, 1.54) is 35.1 Å². The van der Waals surface area contributed by atoms with Gasteiger partial charge in [-0.1, -0.05) is 61.5 Å². The smallest absolute Gasteiger partial charge is 0.216 e. The van der Waals surface area contributed by atoms with E-state index >= 15 is 0 Å². The van der Waals surface area contributed by atoms with E-state index in [0.717, 1.165) is 49.1 Å². The lowest BCUT2D eigenvalue weighted by Crippen LogP contribution is -2.14. The number of nitrogens with one attached hydrogen (secondary N) is 1. The summed E-state index contributed by atoms with van der Waals surface area (Å²) in [7, 11) is 0. The maximum Gasteiger partial charge on any atom is 0.216 e. The maximum absolute atomic E-state index is 5.45. The van der Waals surface area contributed by atoms with E-state index in [2.05, 4.69) is 48.2 Å². The highest BCUT2D eigenvalue weighted by Crippen LogP contribution is 2.24. The summed E-state index contributed by atoms with van der Waals surface area (Å²) >= 11 is 0. The van der Waals surface area contributed by atoms with Crippen LogP contribution in [0.1, 0.15) is 102 Å². The van der Waals surface area contributed by atoms with Crippen LogP contribution >= 0.6 is 0 Å². The molecule has 0 fully saturated rings. The van der Waals surface area contributed by atoms with Crippen molar-refractivity contribution < 1.29 is 4.74 Å². The molecule has 0 radical (unpaired) electrons. The van der Waals surface area contributed by atoms with Gasteiger partial charge in [-0.3, -0.25) is 0 Å². The Morgan fingerprint density at radius 3 is 1.78 bits per heavy atom. The molecule has 0 spiro atoms. The summed E-state index contributed by atoms with van der Waals surface area (Å²) in [5.41, 5.74) is 7.43. The molecule has 2 aromatic heterocycles. The monoisotopic (exact) mass is 445 g/mol. The van der Waals surface area contributed by atoms with E-state index < -0.39 is 0 Å². The van der Waals surface area contributed by atoms with Crippen LogP contribution in [0.25, 0.3) is 0 Å². The number of pyridine rings is 2. The van der Waals surface area contributed by atoms with Crippen molar-refractivity contribution in [1.29, 1.82) is 0 Å². The van der Waals surface area contributed by atoms with Crippen LogP contribution in [-0.4, -0.2) is 23.1 Å². The SMILES string of the molecule is CC.CC.CC.CC.Cc1cc2c(nc1C)NCCC2.Cc1cc2c(nc1C)OCCC2. The number of aryl methyl sites for hydroxylation is 6. The molecule has 184 valence electrons. The van der Waals surface area contributed by atoms with Gasteiger partial charge in [-0.2, -0.15) is 0 Å². The van der Waals surface area contributed by atoms with Gasteiger partial charge in [0.05, 0.1) is 6.61 Å². The summed E-state index contributed by atoms with van der Waals surface area (Å²) in [6.07, 6.45) is 4.65. The zero-order chi connectivity index (χ0) is 25.1. The molecule has 32 heavy (non-hydrogen) atoms. The molecule has 2 aliphatic heterocycles. The minimum atomic E-state index is 0.822. The van der Waals surface area contributed by atoms with Crippen molar-refractivity contribution in [2.24, 2.45) is 0 Å². The fourth-order valence-electron chi connectivity index (χ4n) is 3.07. The third kappa shape index (κ3) is 10.5. The molecule has 4 heteroatoms. The molecule has 1 N–H and O–H groups in total. The van der Waals surface area contributed by atoms with Gasteiger partial charge in [-0.05, 0) is 76.1 Å². The van der Waals surface area contributed by atoms with Crippen molar-refractivity contribution in [1.82, 2.24) is 9.97 Å². The Bertz CT molecular complexity index is 616. The molecule has 0 saturated heterocycles. The molecule has 0 atom stereocenters. The van der Waals surface area contributed by atoms with Crippen LogP contribution in [0.3, 0.4) is 0 Å². The first kappa shape index (κ1) is 32.1. The Kier molecular flexibility index (Phi) is 19.6. The molecular weight excluding hydrogens is 394 g/mol. The number of nitrogens with zero attached hydrogens (tertiary/aromatic N) is 2. The van der Waals surface area contributed by atoms with Crippen LogP contribution in [0, 0.1) is 27.7 Å². The second-order valence-electron chi connectivity index (χ2n) is 6.74. The lowest BCUT2D eigenvalue weighted by molar-refractivity contribution is 0.275. The van der Waals surface area contributed by atoms with Gasteiger partial charge < -0.3 is 10.1 Å². The van der Waals surface area contributed by atoms with Gasteiger partial charge in [-0.25, -0.2) is 9.97 Å². The third-order valence-corrected chi connectivity index (χ3v) is 4.80. The van der Waals surface area contributed by atoms with Crippen molar-refractivity contribution in [3.8, 4) is 5.88 Å². The van der Waals surface area contributed by atoms with Gasteiger partial charge in [0.25, 0.3) is 0 Å². The number of hydrogen-bond donors (Lipinski definition) is 1. The lowest BCUT2D eigenvalue weighted by Gasteiger charge is -2.17. The van der Waals surface area contributed by atoms with Crippen LogP contribution in [0.4, 0.5) is 5.82 Å². The topological polar surface area (TPSA) is 47.0 Å². The predicted molar refractivity (Wildman–Crippen MR) is 143 cm³/mol. The van der Waals surface area contributed by atoms with Gasteiger partial charge in [-0.15, -0.1) is 0 Å². The Hall–Kier alpha value is -2.10. The van der Waals surface area contributed by atoms with E-state index in [1.807, 2.05) is 62.3 Å². The fraction of sp³-hybridized carbons (Fsp3) is 0.643. The summed E-state index contributed by atoms with van der Waals surface area (Å²) in [6.45, 7) is 26.2. The summed E-state index contributed by atoms with van der Waals surface area (Å²) in [6, 6.07) is 4.45. The Labute approximate surface area is 199 Å². The van der Waals surface area contributed by atoms with Crippen LogP contribution in [0.15, 0.2) is 12.1 Å². The number of hydrogen-bond acceptors (Lipinski definition) is 4. The van der Waals surface area contributed by atoms with Crippen LogP contribution in [0.5, 0.6) is 5.88 Å². The summed E-state index contributed by atoms with van der Waals surface area (Å²) in [4.78, 5) is 8.89. The zero-order valence-electron chi connectivity index (χ0n) is 23.2. The lowest BCUT2D eigenvalue weighted by atomic mass is 10.0. The largest absolute Gasteiger partial charge is 0.477 e. The standard InChI is InChI=1S/C10H14N2.C10H13NO.4C2H6/c1-7-6-9-4-3-5-11-10(9)12-8(7)2;1-7-6-9-4-3-5-12-10(9)11-8(7)2;4*1-2/h6H,3-5H2,1-2H3,(H,11,12);6H,3-5H2,1-2H3;4*1-2H3. The number of fused-ring (bicyclic) bond motifs is 2. The Morgan fingerprint density at radius 2 is 1.19 bits per heavy atom. The highest BCUT2D eigenvalue weighted by atomic mass is 16.5. The molecule has 4 rings (SSSR count). The number of rotatable bonds is 0. The van der Waals surface area contributed by atoms with Crippen molar-refractivity contribution in [3.63, 3.8) is 0 Å². The van der Waals surface area contributed by atoms with Gasteiger partial charge >= 0.3 is 0 Å². The first-order chi connectivity index (χ1) is 15.5. The quantitative estimate of drug-likeness (QED) is 0.444. The second-order valence-corrected chi connectivity index (χ2v) is 6.74. The third-order valence-electron chi connectivity index (χ3n) is 4.80. The molecule has 4 nitrogen and oxygen atoms in total. The number of anilines is 1. The van der Waals surface area contributed by atoms with E-state index in [9.17, 15) is 0 Å². The van der Waals surface area contributed by atoms with Gasteiger partial charge in [0, 0.05) is 23.5 Å². The highest BCUT2D eigenvalue weighted by molar-refractivity contribution is 5.48. The van der Waals surface area contributed by atoms with E-state index in [0.29, 0.717) is 0 Å². The molecular formula is C28H51N3O. The first-order valence-corrected chi connectivity index (χ1v) is 12.9. The van der Waals surface area contributed by atoms with Crippen molar-refractivity contribution in [2.45, 2.75) is 109 Å². The van der Waals surface area contributed by atoms with Gasteiger partial charge in [0.1, 0.15) is 5.82 Å². The summed E-state index contributed by atoms with van der Waals surface area (Å²) in [5, 5.41) is 3.32. The normalized spacial score (nSPS) is 12.1. The van der Waals surface area contributed by atoms with E-state index in [4.69, 9.17) is 4.74 Å². The molecule has 0 aromatic carbocycles. The zero-order valence-corrected chi connectivity index (χ0v) is 23.2. The van der Waals surface area contributed by atoms with Gasteiger partial charge in [0.15, 0.2) is 0 Å². The average molecular weight is 446 g/mol. The van der Waals surface area contributed by atoms with Crippen molar-refractivity contribution in [3.05, 3.63) is 45.8 Å². The molecule has 0 aliphatic carbocycles. The van der Waals surface area contributed by atoms with E-state index in [-0.39, 0.29) is 0 Å². The van der Waals surface area contributed by atoms with Crippen LogP contribution in [-0.2, 0) is 12.8 Å². The molecule has 4 heterocycles. The van der Waals surface area contributed by atoms with Crippen LogP contribution < -0.4 is 10.1 Å². The molecule has 0 saturated carbocycles. The molecule has 0 amide bonds.